The Kier molecular flexibility index (Phi) is 3.11. The molecule has 0 aliphatic carbocycles. The minimum Gasteiger partial charge on any atom is -0.262 e. The Morgan fingerprint density at radius 1 is 1.40 bits per heavy atom. The second-order valence-corrected chi connectivity index (χ2v) is 4.11. The van der Waals surface area contributed by atoms with Crippen molar-refractivity contribution in [2.24, 2.45) is 0 Å². The van der Waals surface area contributed by atoms with Gasteiger partial charge in [-0.2, -0.15) is 0 Å². The molecule has 0 saturated heterocycles. The normalized spacial score (nSPS) is 10.5. The van der Waals surface area contributed by atoms with E-state index in [1.54, 1.807) is 10.9 Å². The van der Waals surface area contributed by atoms with Gasteiger partial charge in [-0.3, -0.25) is 4.98 Å². The SMILES string of the molecule is Cc1cncc(-n2cc(CCBr)nn2)c1. The lowest BCUT2D eigenvalue weighted by atomic mass is 10.3. The number of hydrogen-bond acceptors (Lipinski definition) is 3. The summed E-state index contributed by atoms with van der Waals surface area (Å²) in [6, 6.07) is 2.03. The fourth-order valence-corrected chi connectivity index (χ4v) is 1.71. The molecule has 0 aromatic carbocycles. The van der Waals surface area contributed by atoms with Crippen molar-refractivity contribution in [1.29, 1.82) is 0 Å². The Bertz CT molecular complexity index is 452. The van der Waals surface area contributed by atoms with Crippen LogP contribution in [0.25, 0.3) is 5.69 Å². The van der Waals surface area contributed by atoms with Crippen LogP contribution in [0.3, 0.4) is 0 Å². The van der Waals surface area contributed by atoms with Gasteiger partial charge in [-0.15, -0.1) is 5.10 Å². The maximum absolute atomic E-state index is 4.12. The van der Waals surface area contributed by atoms with Gasteiger partial charge in [0, 0.05) is 17.9 Å². The summed E-state index contributed by atoms with van der Waals surface area (Å²) in [5.41, 5.74) is 3.04. The second kappa shape index (κ2) is 4.53. The quantitative estimate of drug-likeness (QED) is 0.798. The third-order valence-electron chi connectivity index (χ3n) is 2.02. The maximum Gasteiger partial charge on any atom is 0.0849 e. The molecule has 0 amide bonds. The van der Waals surface area contributed by atoms with E-state index in [0.717, 1.165) is 28.7 Å². The van der Waals surface area contributed by atoms with Crippen LogP contribution in [0.1, 0.15) is 11.3 Å². The first-order valence-electron chi connectivity index (χ1n) is 4.69. The van der Waals surface area contributed by atoms with E-state index >= 15 is 0 Å². The van der Waals surface area contributed by atoms with Gasteiger partial charge in [0.15, 0.2) is 0 Å². The lowest BCUT2D eigenvalue weighted by Gasteiger charge is -1.99. The Morgan fingerprint density at radius 3 is 3.00 bits per heavy atom. The summed E-state index contributed by atoms with van der Waals surface area (Å²) in [7, 11) is 0. The van der Waals surface area contributed by atoms with Gasteiger partial charge in [0.25, 0.3) is 0 Å². The average Bonchev–Trinajstić information content (AvgIpc) is 2.67. The molecule has 15 heavy (non-hydrogen) atoms. The number of alkyl halides is 1. The topological polar surface area (TPSA) is 43.6 Å². The minimum atomic E-state index is 0.888. The van der Waals surface area contributed by atoms with Gasteiger partial charge in [0.1, 0.15) is 0 Å². The van der Waals surface area contributed by atoms with E-state index in [-0.39, 0.29) is 0 Å². The third-order valence-corrected chi connectivity index (χ3v) is 2.41. The number of nitrogens with zero attached hydrogens (tertiary/aromatic N) is 4. The molecule has 0 aliphatic rings. The number of hydrogen-bond donors (Lipinski definition) is 0. The first-order valence-corrected chi connectivity index (χ1v) is 5.81. The van der Waals surface area contributed by atoms with Crippen LogP contribution in [0, 0.1) is 6.92 Å². The predicted molar refractivity (Wildman–Crippen MR) is 61.4 cm³/mol. The van der Waals surface area contributed by atoms with Gasteiger partial charge < -0.3 is 0 Å². The Morgan fingerprint density at radius 2 is 2.27 bits per heavy atom. The van der Waals surface area contributed by atoms with Crippen molar-refractivity contribution < 1.29 is 0 Å². The highest BCUT2D eigenvalue weighted by molar-refractivity contribution is 9.09. The highest BCUT2D eigenvalue weighted by atomic mass is 79.9. The number of aryl methyl sites for hydroxylation is 2. The fraction of sp³-hybridized carbons (Fsp3) is 0.300. The lowest BCUT2D eigenvalue weighted by molar-refractivity contribution is 0.794. The molecule has 0 unspecified atom stereocenters. The Balaban J connectivity index is 2.29. The van der Waals surface area contributed by atoms with Crippen molar-refractivity contribution in [3.63, 3.8) is 0 Å². The first-order chi connectivity index (χ1) is 7.29. The summed E-state index contributed by atoms with van der Waals surface area (Å²) in [4.78, 5) is 4.12. The van der Waals surface area contributed by atoms with Gasteiger partial charge in [0.05, 0.1) is 23.8 Å². The minimum absolute atomic E-state index is 0.888. The summed E-state index contributed by atoms with van der Waals surface area (Å²) in [6.07, 6.45) is 6.41. The highest BCUT2D eigenvalue weighted by Crippen LogP contribution is 2.07. The molecule has 0 atom stereocenters. The van der Waals surface area contributed by atoms with Crippen LogP contribution in [0.2, 0.25) is 0 Å². The fourth-order valence-electron chi connectivity index (χ4n) is 1.30. The zero-order valence-corrected chi connectivity index (χ0v) is 9.98. The molecule has 0 N–H and O–H groups in total. The van der Waals surface area contributed by atoms with Crippen molar-refractivity contribution in [2.75, 3.05) is 5.33 Å². The monoisotopic (exact) mass is 266 g/mol. The molecule has 2 aromatic rings. The molecule has 0 radical (unpaired) electrons. The first kappa shape index (κ1) is 10.3. The van der Waals surface area contributed by atoms with E-state index in [4.69, 9.17) is 0 Å². The number of halogens is 1. The molecular formula is C10H11BrN4. The number of aromatic nitrogens is 4. The molecule has 5 heteroatoms. The van der Waals surface area contributed by atoms with Crippen LogP contribution in [-0.2, 0) is 6.42 Å². The summed E-state index contributed by atoms with van der Waals surface area (Å²) >= 11 is 3.37. The van der Waals surface area contributed by atoms with E-state index in [0.29, 0.717) is 0 Å². The molecule has 0 bridgehead atoms. The summed E-state index contributed by atoms with van der Waals surface area (Å²) in [5.74, 6) is 0. The number of pyridine rings is 1. The summed E-state index contributed by atoms with van der Waals surface area (Å²) in [6.45, 7) is 2.01. The molecule has 0 spiro atoms. The Hall–Kier alpha value is -1.23. The van der Waals surface area contributed by atoms with Crippen LogP contribution in [0.5, 0.6) is 0 Å². The van der Waals surface area contributed by atoms with Gasteiger partial charge in [-0.05, 0) is 18.6 Å². The Labute approximate surface area is 96.5 Å². The standard InChI is InChI=1S/C10H11BrN4/c1-8-4-10(6-12-5-8)15-7-9(2-3-11)13-14-15/h4-7H,2-3H2,1H3. The van der Waals surface area contributed by atoms with E-state index in [9.17, 15) is 0 Å². The zero-order valence-electron chi connectivity index (χ0n) is 8.39. The van der Waals surface area contributed by atoms with E-state index < -0.39 is 0 Å². The molecule has 0 aliphatic heterocycles. The largest absolute Gasteiger partial charge is 0.262 e. The zero-order chi connectivity index (χ0) is 10.7. The molecule has 2 rings (SSSR count). The molecule has 0 saturated carbocycles. The maximum atomic E-state index is 4.12. The third kappa shape index (κ3) is 2.41. The predicted octanol–water partition coefficient (Wildman–Crippen LogP) is 1.91. The summed E-state index contributed by atoms with van der Waals surface area (Å²) < 4.78 is 1.75. The van der Waals surface area contributed by atoms with E-state index in [2.05, 4.69) is 31.2 Å². The molecule has 78 valence electrons. The van der Waals surface area contributed by atoms with Gasteiger partial charge in [-0.25, -0.2) is 4.68 Å². The summed E-state index contributed by atoms with van der Waals surface area (Å²) in [5, 5.41) is 9.02. The lowest BCUT2D eigenvalue weighted by Crippen LogP contribution is -1.96. The van der Waals surface area contributed by atoms with Crippen LogP contribution in [0.15, 0.2) is 24.7 Å². The van der Waals surface area contributed by atoms with Crippen molar-refractivity contribution in [3.05, 3.63) is 35.9 Å². The molecule has 2 heterocycles. The van der Waals surface area contributed by atoms with Crippen molar-refractivity contribution in [3.8, 4) is 5.69 Å². The van der Waals surface area contributed by atoms with E-state index in [1.165, 1.54) is 0 Å². The second-order valence-electron chi connectivity index (χ2n) is 3.31. The van der Waals surface area contributed by atoms with Crippen molar-refractivity contribution in [1.82, 2.24) is 20.0 Å². The molecule has 0 fully saturated rings. The number of rotatable bonds is 3. The molecule has 2 aromatic heterocycles. The van der Waals surface area contributed by atoms with Crippen LogP contribution >= 0.6 is 15.9 Å². The van der Waals surface area contributed by atoms with Crippen molar-refractivity contribution in [2.45, 2.75) is 13.3 Å². The smallest absolute Gasteiger partial charge is 0.0849 e. The molecule has 4 nitrogen and oxygen atoms in total. The van der Waals surface area contributed by atoms with Crippen LogP contribution < -0.4 is 0 Å². The molecular weight excluding hydrogens is 256 g/mol. The van der Waals surface area contributed by atoms with Crippen molar-refractivity contribution >= 4 is 15.9 Å². The van der Waals surface area contributed by atoms with Gasteiger partial charge in [-0.1, -0.05) is 21.1 Å². The van der Waals surface area contributed by atoms with Gasteiger partial charge in [0.2, 0.25) is 0 Å². The van der Waals surface area contributed by atoms with Gasteiger partial charge >= 0.3 is 0 Å². The average molecular weight is 267 g/mol. The van der Waals surface area contributed by atoms with Crippen LogP contribution in [0.4, 0.5) is 0 Å². The van der Waals surface area contributed by atoms with Crippen LogP contribution in [-0.4, -0.2) is 25.3 Å². The van der Waals surface area contributed by atoms with E-state index in [1.807, 2.05) is 25.4 Å². The highest BCUT2D eigenvalue weighted by Gasteiger charge is 2.02.